The predicted molar refractivity (Wildman–Crippen MR) is 96.9 cm³/mol. The van der Waals surface area contributed by atoms with Gasteiger partial charge in [0, 0.05) is 18.3 Å². The van der Waals surface area contributed by atoms with Crippen LogP contribution in [0.1, 0.15) is 29.1 Å². The normalized spacial score (nSPS) is 10.3. The minimum atomic E-state index is -0.0363. The molecule has 0 aliphatic heterocycles. The Morgan fingerprint density at radius 2 is 2.00 bits per heavy atom. The molecule has 0 bridgehead atoms. The first-order chi connectivity index (χ1) is 12.0. The zero-order chi connectivity index (χ0) is 18.2. The Morgan fingerprint density at radius 3 is 2.68 bits per heavy atom. The Morgan fingerprint density at radius 1 is 1.20 bits per heavy atom. The van der Waals surface area contributed by atoms with Crippen molar-refractivity contribution in [3.8, 4) is 17.3 Å². The lowest BCUT2D eigenvalue weighted by molar-refractivity contribution is -0.119. The van der Waals surface area contributed by atoms with Crippen LogP contribution in [0.4, 0.5) is 0 Å². The van der Waals surface area contributed by atoms with Gasteiger partial charge in [0.05, 0.1) is 12.2 Å². The Balaban J connectivity index is 2.08. The highest BCUT2D eigenvalue weighted by molar-refractivity contribution is 5.77. The van der Waals surface area contributed by atoms with Gasteiger partial charge in [-0.1, -0.05) is 12.1 Å². The van der Waals surface area contributed by atoms with E-state index in [0.29, 0.717) is 13.1 Å². The molecule has 25 heavy (non-hydrogen) atoms. The van der Waals surface area contributed by atoms with Gasteiger partial charge in [-0.2, -0.15) is 5.26 Å². The predicted octanol–water partition coefficient (Wildman–Crippen LogP) is 1.90. The standard InChI is InChI=1S/C19H23N5O/c1-13-6-7-15(9-14(13)2)17-10-16(23-18(11-20)24-17)5-4-8-22-12-19(25)21-3/h6-7,9-10,22H,4-5,8,12H2,1-3H3,(H,21,25). The van der Waals surface area contributed by atoms with Crippen LogP contribution in [0, 0.1) is 25.2 Å². The molecule has 1 aromatic carbocycles. The first kappa shape index (κ1) is 18.6. The molecule has 0 aliphatic rings. The third-order valence-corrected chi connectivity index (χ3v) is 4.03. The van der Waals surface area contributed by atoms with Crippen LogP contribution in [0.25, 0.3) is 11.3 Å². The van der Waals surface area contributed by atoms with Crippen LogP contribution in [0.5, 0.6) is 0 Å². The van der Waals surface area contributed by atoms with E-state index in [0.717, 1.165) is 29.8 Å². The smallest absolute Gasteiger partial charge is 0.233 e. The van der Waals surface area contributed by atoms with Crippen molar-refractivity contribution in [3.63, 3.8) is 0 Å². The van der Waals surface area contributed by atoms with Crippen molar-refractivity contribution in [2.75, 3.05) is 20.1 Å². The lowest BCUT2D eigenvalue weighted by Crippen LogP contribution is -2.31. The number of benzene rings is 1. The van der Waals surface area contributed by atoms with Crippen molar-refractivity contribution in [1.29, 1.82) is 5.26 Å². The van der Waals surface area contributed by atoms with E-state index in [2.05, 4.69) is 46.6 Å². The number of rotatable bonds is 7. The first-order valence-corrected chi connectivity index (χ1v) is 8.30. The molecule has 2 aromatic rings. The number of amides is 1. The maximum absolute atomic E-state index is 11.2. The zero-order valence-electron chi connectivity index (χ0n) is 14.9. The van der Waals surface area contributed by atoms with Crippen LogP contribution in [0.3, 0.4) is 0 Å². The van der Waals surface area contributed by atoms with Crippen molar-refractivity contribution < 1.29 is 4.79 Å². The van der Waals surface area contributed by atoms with Gasteiger partial charge < -0.3 is 10.6 Å². The van der Waals surface area contributed by atoms with Crippen LogP contribution >= 0.6 is 0 Å². The number of carbonyl (C=O) groups excluding carboxylic acids is 1. The van der Waals surface area contributed by atoms with E-state index >= 15 is 0 Å². The molecule has 130 valence electrons. The molecule has 0 spiro atoms. The molecule has 6 heteroatoms. The molecule has 0 fully saturated rings. The van der Waals surface area contributed by atoms with Gasteiger partial charge in [-0.3, -0.25) is 4.79 Å². The number of aryl methyl sites for hydroxylation is 3. The minimum Gasteiger partial charge on any atom is -0.358 e. The highest BCUT2D eigenvalue weighted by Gasteiger charge is 2.08. The third-order valence-electron chi connectivity index (χ3n) is 4.03. The Bertz CT molecular complexity index is 795. The monoisotopic (exact) mass is 337 g/mol. The SMILES string of the molecule is CNC(=O)CNCCCc1cc(-c2ccc(C)c(C)c2)nc(C#N)n1. The highest BCUT2D eigenvalue weighted by Crippen LogP contribution is 2.21. The van der Waals surface area contributed by atoms with Crippen LogP contribution in [0.15, 0.2) is 24.3 Å². The van der Waals surface area contributed by atoms with E-state index in [1.807, 2.05) is 18.2 Å². The van der Waals surface area contributed by atoms with Crippen LogP contribution in [-0.2, 0) is 11.2 Å². The molecular weight excluding hydrogens is 314 g/mol. The summed E-state index contributed by atoms with van der Waals surface area (Å²) in [5.41, 5.74) is 5.00. The molecule has 0 atom stereocenters. The Labute approximate surface area is 148 Å². The van der Waals surface area contributed by atoms with Gasteiger partial charge in [-0.05, 0) is 56.5 Å². The molecule has 1 heterocycles. The van der Waals surface area contributed by atoms with Gasteiger partial charge in [0.15, 0.2) is 0 Å². The zero-order valence-corrected chi connectivity index (χ0v) is 14.9. The summed E-state index contributed by atoms with van der Waals surface area (Å²) >= 11 is 0. The van der Waals surface area contributed by atoms with E-state index < -0.39 is 0 Å². The largest absolute Gasteiger partial charge is 0.358 e. The van der Waals surface area contributed by atoms with Crippen molar-refractivity contribution in [2.45, 2.75) is 26.7 Å². The maximum atomic E-state index is 11.2. The van der Waals surface area contributed by atoms with Gasteiger partial charge >= 0.3 is 0 Å². The van der Waals surface area contributed by atoms with Gasteiger partial charge in [-0.15, -0.1) is 0 Å². The summed E-state index contributed by atoms with van der Waals surface area (Å²) < 4.78 is 0. The molecule has 0 aliphatic carbocycles. The summed E-state index contributed by atoms with van der Waals surface area (Å²) in [7, 11) is 1.61. The van der Waals surface area contributed by atoms with Crippen LogP contribution in [-0.4, -0.2) is 36.0 Å². The summed E-state index contributed by atoms with van der Waals surface area (Å²) in [5, 5.41) is 14.8. The number of aromatic nitrogens is 2. The molecule has 0 saturated carbocycles. The minimum absolute atomic E-state index is 0.0363. The fourth-order valence-corrected chi connectivity index (χ4v) is 2.41. The van der Waals surface area contributed by atoms with Gasteiger partial charge in [0.25, 0.3) is 0 Å². The summed E-state index contributed by atoms with van der Waals surface area (Å²) in [6.07, 6.45) is 1.54. The fourth-order valence-electron chi connectivity index (χ4n) is 2.41. The third kappa shape index (κ3) is 5.37. The second-order valence-electron chi connectivity index (χ2n) is 5.93. The molecule has 2 rings (SSSR count). The van der Waals surface area contributed by atoms with Crippen molar-refractivity contribution in [1.82, 2.24) is 20.6 Å². The number of hydrogen-bond acceptors (Lipinski definition) is 5. The second kappa shape index (κ2) is 8.90. The molecule has 0 radical (unpaired) electrons. The summed E-state index contributed by atoms with van der Waals surface area (Å²) in [5.74, 6) is 0.148. The van der Waals surface area contributed by atoms with Gasteiger partial charge in [0.1, 0.15) is 6.07 Å². The number of likely N-dealkylation sites (N-methyl/N-ethyl adjacent to an activating group) is 1. The molecule has 1 amide bonds. The quantitative estimate of drug-likeness (QED) is 0.753. The lowest BCUT2D eigenvalue weighted by Gasteiger charge is -2.08. The van der Waals surface area contributed by atoms with Crippen molar-refractivity contribution in [2.24, 2.45) is 0 Å². The highest BCUT2D eigenvalue weighted by atomic mass is 16.1. The average Bonchev–Trinajstić information content (AvgIpc) is 2.63. The number of nitrogens with one attached hydrogen (secondary N) is 2. The number of nitriles is 1. The molecule has 1 aromatic heterocycles. The lowest BCUT2D eigenvalue weighted by atomic mass is 10.0. The van der Waals surface area contributed by atoms with Gasteiger partial charge in [0.2, 0.25) is 11.7 Å². The molecule has 2 N–H and O–H groups in total. The van der Waals surface area contributed by atoms with E-state index in [-0.39, 0.29) is 11.7 Å². The first-order valence-electron chi connectivity index (χ1n) is 8.30. The summed E-state index contributed by atoms with van der Waals surface area (Å²) in [6.45, 7) is 5.14. The Hall–Kier alpha value is -2.78. The van der Waals surface area contributed by atoms with E-state index in [1.54, 1.807) is 7.05 Å². The second-order valence-corrected chi connectivity index (χ2v) is 5.93. The number of nitrogens with zero attached hydrogens (tertiary/aromatic N) is 3. The van der Waals surface area contributed by atoms with Crippen LogP contribution < -0.4 is 10.6 Å². The van der Waals surface area contributed by atoms with E-state index in [4.69, 9.17) is 0 Å². The Kier molecular flexibility index (Phi) is 6.61. The maximum Gasteiger partial charge on any atom is 0.233 e. The summed E-state index contributed by atoms with van der Waals surface area (Å²) in [6, 6.07) is 10.1. The summed E-state index contributed by atoms with van der Waals surface area (Å²) in [4.78, 5) is 19.8. The van der Waals surface area contributed by atoms with Crippen molar-refractivity contribution in [3.05, 3.63) is 46.9 Å². The number of hydrogen-bond donors (Lipinski definition) is 2. The van der Waals surface area contributed by atoms with E-state index in [9.17, 15) is 10.1 Å². The van der Waals surface area contributed by atoms with Crippen molar-refractivity contribution >= 4 is 5.91 Å². The molecular formula is C19H23N5O. The van der Waals surface area contributed by atoms with E-state index in [1.165, 1.54) is 11.1 Å². The molecule has 0 unspecified atom stereocenters. The van der Waals surface area contributed by atoms with Gasteiger partial charge in [-0.25, -0.2) is 9.97 Å². The average molecular weight is 337 g/mol. The molecule has 0 saturated heterocycles. The molecule has 6 nitrogen and oxygen atoms in total. The van der Waals surface area contributed by atoms with Crippen LogP contribution in [0.2, 0.25) is 0 Å². The number of carbonyl (C=O) groups is 1. The topological polar surface area (TPSA) is 90.7 Å². The fraction of sp³-hybridized carbons (Fsp3) is 0.368.